The van der Waals surface area contributed by atoms with Crippen LogP contribution >= 0.6 is 15.9 Å². The maximum absolute atomic E-state index is 5.25. The Labute approximate surface area is 123 Å². The largest absolute Gasteiger partial charge is 0.496 e. The Morgan fingerprint density at radius 3 is 2.89 bits per heavy atom. The summed E-state index contributed by atoms with van der Waals surface area (Å²) in [5.74, 6) is 1.50. The lowest BCUT2D eigenvalue weighted by molar-refractivity contribution is 0.410. The molecule has 0 spiro atoms. The summed E-state index contributed by atoms with van der Waals surface area (Å²) in [6, 6.07) is 7.07. The van der Waals surface area contributed by atoms with E-state index in [2.05, 4.69) is 58.1 Å². The first-order chi connectivity index (χ1) is 9.11. The molecule has 4 nitrogen and oxygen atoms in total. The Morgan fingerprint density at radius 1 is 1.53 bits per heavy atom. The molecule has 1 heterocycles. The topological polar surface area (TPSA) is 45.3 Å². The highest BCUT2D eigenvalue weighted by Gasteiger charge is 2.22. The summed E-state index contributed by atoms with van der Waals surface area (Å²) in [4.78, 5) is 0. The third kappa shape index (κ3) is 3.69. The summed E-state index contributed by atoms with van der Waals surface area (Å²) in [6.07, 6.45) is 0. The van der Waals surface area contributed by atoms with Gasteiger partial charge in [-0.2, -0.15) is 0 Å². The molecule has 1 aromatic carbocycles. The van der Waals surface area contributed by atoms with Crippen LogP contribution in [-0.4, -0.2) is 26.2 Å². The van der Waals surface area contributed by atoms with Crippen molar-refractivity contribution >= 4 is 15.9 Å². The van der Waals surface area contributed by atoms with Crippen molar-refractivity contribution in [2.75, 3.05) is 20.2 Å². The van der Waals surface area contributed by atoms with Crippen molar-refractivity contribution in [3.8, 4) is 5.75 Å². The van der Waals surface area contributed by atoms with E-state index in [9.17, 15) is 0 Å². The Kier molecular flexibility index (Phi) is 5.21. The fourth-order valence-corrected chi connectivity index (χ4v) is 2.85. The number of ether oxygens (including phenoxy) is 1. The highest BCUT2D eigenvalue weighted by molar-refractivity contribution is 9.10. The Balaban J connectivity index is 1.92. The van der Waals surface area contributed by atoms with E-state index in [-0.39, 0.29) is 0 Å². The monoisotopic (exact) mass is 327 g/mol. The molecule has 0 amide bonds. The van der Waals surface area contributed by atoms with E-state index in [0.29, 0.717) is 18.0 Å². The maximum atomic E-state index is 5.25. The van der Waals surface area contributed by atoms with E-state index in [1.807, 2.05) is 6.07 Å². The third-order valence-electron chi connectivity index (χ3n) is 3.76. The standard InChI is InChI=1S/C14H22BrN3O/c1-9(16-7-12-8-17-18-10(12)2)11-4-5-14(19-3)13(15)6-11/h4-6,9-10,12,16-18H,7-8H2,1-3H3. The van der Waals surface area contributed by atoms with Gasteiger partial charge in [0.05, 0.1) is 11.6 Å². The average molecular weight is 328 g/mol. The van der Waals surface area contributed by atoms with Gasteiger partial charge in [-0.1, -0.05) is 6.07 Å². The van der Waals surface area contributed by atoms with Gasteiger partial charge < -0.3 is 10.1 Å². The van der Waals surface area contributed by atoms with Crippen LogP contribution in [0, 0.1) is 5.92 Å². The molecule has 3 unspecified atom stereocenters. The molecule has 0 saturated carbocycles. The van der Waals surface area contributed by atoms with Crippen molar-refractivity contribution in [2.45, 2.75) is 25.9 Å². The van der Waals surface area contributed by atoms with Gasteiger partial charge in [-0.25, -0.2) is 0 Å². The first kappa shape index (κ1) is 14.8. The van der Waals surface area contributed by atoms with Crippen LogP contribution < -0.4 is 20.9 Å². The van der Waals surface area contributed by atoms with Crippen molar-refractivity contribution in [1.82, 2.24) is 16.2 Å². The molecule has 1 aliphatic heterocycles. The van der Waals surface area contributed by atoms with Gasteiger partial charge in [-0.15, -0.1) is 0 Å². The number of hydrogen-bond donors (Lipinski definition) is 3. The molecule has 19 heavy (non-hydrogen) atoms. The van der Waals surface area contributed by atoms with Crippen LogP contribution in [-0.2, 0) is 0 Å². The van der Waals surface area contributed by atoms with Gasteiger partial charge in [0.2, 0.25) is 0 Å². The molecule has 3 atom stereocenters. The second-order valence-electron chi connectivity index (χ2n) is 5.10. The maximum Gasteiger partial charge on any atom is 0.133 e. The molecule has 0 aliphatic carbocycles. The third-order valence-corrected chi connectivity index (χ3v) is 4.38. The summed E-state index contributed by atoms with van der Waals surface area (Å²) < 4.78 is 6.25. The van der Waals surface area contributed by atoms with Gasteiger partial charge in [0.15, 0.2) is 0 Å². The molecule has 0 aromatic heterocycles. The zero-order valence-corrected chi connectivity index (χ0v) is 13.3. The zero-order valence-electron chi connectivity index (χ0n) is 11.7. The van der Waals surface area contributed by atoms with Crippen molar-refractivity contribution in [1.29, 1.82) is 0 Å². The number of halogens is 1. The molecule has 106 valence electrons. The molecule has 1 fully saturated rings. The van der Waals surface area contributed by atoms with Crippen molar-refractivity contribution in [3.63, 3.8) is 0 Å². The van der Waals surface area contributed by atoms with E-state index in [1.165, 1.54) is 5.56 Å². The molecule has 1 saturated heterocycles. The quantitative estimate of drug-likeness (QED) is 0.776. The van der Waals surface area contributed by atoms with E-state index < -0.39 is 0 Å². The number of benzene rings is 1. The van der Waals surface area contributed by atoms with Gasteiger partial charge >= 0.3 is 0 Å². The molecule has 0 bridgehead atoms. The van der Waals surface area contributed by atoms with Crippen molar-refractivity contribution in [3.05, 3.63) is 28.2 Å². The minimum atomic E-state index is 0.329. The highest BCUT2D eigenvalue weighted by atomic mass is 79.9. The van der Waals surface area contributed by atoms with E-state index in [4.69, 9.17) is 4.74 Å². The molecular formula is C14H22BrN3O. The van der Waals surface area contributed by atoms with Crippen LogP contribution in [0.25, 0.3) is 0 Å². The number of nitrogens with one attached hydrogen (secondary N) is 3. The predicted octanol–water partition coefficient (Wildman–Crippen LogP) is 2.22. The van der Waals surface area contributed by atoms with Crippen LogP contribution in [0.3, 0.4) is 0 Å². The second-order valence-corrected chi connectivity index (χ2v) is 5.95. The van der Waals surface area contributed by atoms with Crippen LogP contribution in [0.1, 0.15) is 25.5 Å². The summed E-state index contributed by atoms with van der Waals surface area (Å²) in [5, 5.41) is 3.59. The molecule has 1 aliphatic rings. The summed E-state index contributed by atoms with van der Waals surface area (Å²) in [5.41, 5.74) is 7.70. The average Bonchev–Trinajstić information content (AvgIpc) is 2.81. The molecular weight excluding hydrogens is 306 g/mol. The summed E-state index contributed by atoms with van der Waals surface area (Å²) in [6.45, 7) is 6.43. The summed E-state index contributed by atoms with van der Waals surface area (Å²) in [7, 11) is 1.68. The van der Waals surface area contributed by atoms with Gasteiger partial charge in [-0.05, 0) is 47.5 Å². The minimum absolute atomic E-state index is 0.329. The normalized spacial score (nSPS) is 24.4. The molecule has 3 N–H and O–H groups in total. The second kappa shape index (κ2) is 6.70. The number of rotatable bonds is 5. The highest BCUT2D eigenvalue weighted by Crippen LogP contribution is 2.28. The minimum Gasteiger partial charge on any atom is -0.496 e. The number of hydrazine groups is 1. The van der Waals surface area contributed by atoms with Crippen LogP contribution in [0.5, 0.6) is 5.75 Å². The fraction of sp³-hybridized carbons (Fsp3) is 0.571. The lowest BCUT2D eigenvalue weighted by atomic mass is 10.0. The lowest BCUT2D eigenvalue weighted by Gasteiger charge is -2.20. The zero-order chi connectivity index (χ0) is 13.8. The van der Waals surface area contributed by atoms with Gasteiger partial charge in [0.25, 0.3) is 0 Å². The molecule has 0 radical (unpaired) electrons. The number of hydrogen-bond acceptors (Lipinski definition) is 4. The molecule has 5 heteroatoms. The Hall–Kier alpha value is -0.620. The van der Waals surface area contributed by atoms with E-state index in [0.717, 1.165) is 23.3 Å². The van der Waals surface area contributed by atoms with E-state index >= 15 is 0 Å². The van der Waals surface area contributed by atoms with Gasteiger partial charge in [-0.3, -0.25) is 10.9 Å². The van der Waals surface area contributed by atoms with Crippen LogP contribution in [0.2, 0.25) is 0 Å². The predicted molar refractivity (Wildman–Crippen MR) is 81.2 cm³/mol. The first-order valence-corrected chi connectivity index (χ1v) is 7.46. The van der Waals surface area contributed by atoms with Crippen molar-refractivity contribution in [2.24, 2.45) is 5.92 Å². The van der Waals surface area contributed by atoms with E-state index in [1.54, 1.807) is 7.11 Å². The molecule has 2 rings (SSSR count). The summed E-state index contributed by atoms with van der Waals surface area (Å²) >= 11 is 3.53. The first-order valence-electron chi connectivity index (χ1n) is 6.67. The number of methoxy groups -OCH3 is 1. The van der Waals surface area contributed by atoms with Gasteiger partial charge in [0, 0.05) is 31.1 Å². The van der Waals surface area contributed by atoms with Crippen LogP contribution in [0.4, 0.5) is 0 Å². The van der Waals surface area contributed by atoms with Crippen LogP contribution in [0.15, 0.2) is 22.7 Å². The molecule has 1 aromatic rings. The lowest BCUT2D eigenvalue weighted by Crippen LogP contribution is -2.33. The SMILES string of the molecule is COc1ccc(C(C)NCC2CNNC2C)cc1Br. The Bertz CT molecular complexity index is 427. The smallest absolute Gasteiger partial charge is 0.133 e. The van der Waals surface area contributed by atoms with Crippen molar-refractivity contribution < 1.29 is 4.74 Å². The van der Waals surface area contributed by atoms with Gasteiger partial charge in [0.1, 0.15) is 5.75 Å². The fourth-order valence-electron chi connectivity index (χ4n) is 2.29. The Morgan fingerprint density at radius 2 is 2.32 bits per heavy atom.